The van der Waals surface area contributed by atoms with Crippen LogP contribution in [0.25, 0.3) is 6.08 Å². The second-order valence-electron chi connectivity index (χ2n) is 5.90. The first-order chi connectivity index (χ1) is 13.9. The molecule has 3 rings (SSSR count). The molecule has 0 aromatic heterocycles. The summed E-state index contributed by atoms with van der Waals surface area (Å²) in [6, 6.07) is 11.8. The van der Waals surface area contributed by atoms with Crippen LogP contribution in [0.3, 0.4) is 0 Å². The number of amides is 3. The van der Waals surface area contributed by atoms with Crippen LogP contribution in [0.15, 0.2) is 47.4 Å². The lowest BCUT2D eigenvalue weighted by atomic mass is 10.1. The summed E-state index contributed by atoms with van der Waals surface area (Å²) < 4.78 is 10.5. The number of methoxy groups -OCH3 is 2. The Bertz CT molecular complexity index is 1010. The quantitative estimate of drug-likeness (QED) is 0.693. The highest BCUT2D eigenvalue weighted by Gasteiger charge is 2.36. The van der Waals surface area contributed by atoms with Crippen molar-refractivity contribution in [1.29, 1.82) is 0 Å². The molecule has 2 aromatic rings. The van der Waals surface area contributed by atoms with Crippen LogP contribution in [0, 0.1) is 0 Å². The lowest BCUT2D eigenvalue weighted by Gasteiger charge is -2.13. The van der Waals surface area contributed by atoms with Gasteiger partial charge in [0.05, 0.1) is 29.8 Å². The van der Waals surface area contributed by atoms with Gasteiger partial charge in [-0.1, -0.05) is 23.7 Å². The number of carbonyl (C=O) groups excluding carboxylic acids is 3. The van der Waals surface area contributed by atoms with Crippen LogP contribution in [0.2, 0.25) is 5.02 Å². The highest BCUT2D eigenvalue weighted by molar-refractivity contribution is 8.18. The van der Waals surface area contributed by atoms with Crippen LogP contribution >= 0.6 is 23.4 Å². The largest absolute Gasteiger partial charge is 0.497 e. The molecule has 0 atom stereocenters. The average Bonchev–Trinajstić information content (AvgIpc) is 2.97. The van der Waals surface area contributed by atoms with Crippen molar-refractivity contribution in [3.8, 4) is 11.5 Å². The van der Waals surface area contributed by atoms with Gasteiger partial charge in [-0.25, -0.2) is 0 Å². The molecule has 0 aliphatic carbocycles. The second kappa shape index (κ2) is 9.02. The first-order valence-corrected chi connectivity index (χ1v) is 9.64. The fourth-order valence-electron chi connectivity index (χ4n) is 2.61. The highest BCUT2D eigenvalue weighted by atomic mass is 35.5. The van der Waals surface area contributed by atoms with Gasteiger partial charge in [0.25, 0.3) is 11.1 Å². The van der Waals surface area contributed by atoms with E-state index in [1.54, 1.807) is 48.5 Å². The number of carbonyl (C=O) groups is 3. The van der Waals surface area contributed by atoms with Crippen LogP contribution in [-0.2, 0) is 9.59 Å². The molecule has 0 unspecified atom stereocenters. The molecular formula is C20H17ClN2O5S. The van der Waals surface area contributed by atoms with Gasteiger partial charge in [-0.15, -0.1) is 0 Å². The maximum absolute atomic E-state index is 12.6. The maximum atomic E-state index is 12.6. The Labute approximate surface area is 176 Å². The molecule has 29 heavy (non-hydrogen) atoms. The molecule has 0 radical (unpaired) electrons. The van der Waals surface area contributed by atoms with E-state index in [-0.39, 0.29) is 4.91 Å². The summed E-state index contributed by atoms with van der Waals surface area (Å²) in [6.45, 7) is -0.410. The molecule has 1 fully saturated rings. The molecule has 1 aliphatic rings. The van der Waals surface area contributed by atoms with Crippen molar-refractivity contribution in [2.45, 2.75) is 0 Å². The zero-order chi connectivity index (χ0) is 21.0. The maximum Gasteiger partial charge on any atom is 0.294 e. The van der Waals surface area contributed by atoms with E-state index in [2.05, 4.69) is 5.32 Å². The number of nitrogens with zero attached hydrogens (tertiary/aromatic N) is 1. The van der Waals surface area contributed by atoms with Crippen molar-refractivity contribution < 1.29 is 23.9 Å². The molecule has 3 amide bonds. The topological polar surface area (TPSA) is 84.9 Å². The monoisotopic (exact) mass is 432 g/mol. The van der Waals surface area contributed by atoms with Crippen molar-refractivity contribution in [2.24, 2.45) is 0 Å². The Balaban J connectivity index is 1.75. The number of halogens is 1. The summed E-state index contributed by atoms with van der Waals surface area (Å²) in [6.07, 6.45) is 1.55. The number of anilines is 1. The summed E-state index contributed by atoms with van der Waals surface area (Å²) in [4.78, 5) is 38.3. The van der Waals surface area contributed by atoms with Crippen LogP contribution in [0.5, 0.6) is 11.5 Å². The van der Waals surface area contributed by atoms with E-state index in [0.29, 0.717) is 27.8 Å². The molecule has 1 saturated heterocycles. The summed E-state index contributed by atoms with van der Waals surface area (Å²) in [5.74, 6) is 0.0202. The normalized spacial score (nSPS) is 15.0. The predicted molar refractivity (Wildman–Crippen MR) is 112 cm³/mol. The van der Waals surface area contributed by atoms with Crippen LogP contribution in [0.1, 0.15) is 5.56 Å². The van der Waals surface area contributed by atoms with Crippen LogP contribution in [-0.4, -0.2) is 42.7 Å². The van der Waals surface area contributed by atoms with Gasteiger partial charge in [-0.2, -0.15) is 0 Å². The molecule has 150 valence electrons. The first kappa shape index (κ1) is 20.8. The van der Waals surface area contributed by atoms with E-state index in [9.17, 15) is 14.4 Å². The van der Waals surface area contributed by atoms with Gasteiger partial charge in [-0.3, -0.25) is 19.3 Å². The third kappa shape index (κ3) is 4.72. The molecule has 0 saturated carbocycles. The lowest BCUT2D eigenvalue weighted by Crippen LogP contribution is -2.36. The number of rotatable bonds is 6. The molecule has 7 nitrogen and oxygen atoms in total. The summed E-state index contributed by atoms with van der Waals surface area (Å²) >= 11 is 6.77. The first-order valence-electron chi connectivity index (χ1n) is 8.44. The van der Waals surface area contributed by atoms with Gasteiger partial charge in [0.1, 0.15) is 18.0 Å². The number of ether oxygens (including phenoxy) is 2. The van der Waals surface area contributed by atoms with E-state index in [0.717, 1.165) is 16.7 Å². The number of nitrogens with one attached hydrogen (secondary N) is 1. The molecule has 0 bridgehead atoms. The Kier molecular flexibility index (Phi) is 6.46. The highest BCUT2D eigenvalue weighted by Crippen LogP contribution is 2.35. The molecule has 1 N–H and O–H groups in total. The van der Waals surface area contributed by atoms with E-state index in [1.165, 1.54) is 14.2 Å². The Morgan fingerprint density at radius 3 is 2.62 bits per heavy atom. The molecule has 1 aliphatic heterocycles. The van der Waals surface area contributed by atoms with E-state index < -0.39 is 23.6 Å². The second-order valence-corrected chi connectivity index (χ2v) is 7.30. The number of hydrogen-bond acceptors (Lipinski definition) is 6. The fourth-order valence-corrected chi connectivity index (χ4v) is 3.62. The van der Waals surface area contributed by atoms with E-state index in [1.807, 2.05) is 0 Å². The van der Waals surface area contributed by atoms with Gasteiger partial charge in [0.15, 0.2) is 0 Å². The zero-order valence-electron chi connectivity index (χ0n) is 15.6. The van der Waals surface area contributed by atoms with Crippen LogP contribution < -0.4 is 14.8 Å². The van der Waals surface area contributed by atoms with Crippen LogP contribution in [0.4, 0.5) is 10.5 Å². The number of thioether (sulfide) groups is 1. The SMILES string of the molecule is COc1ccc(/C=C2/SC(=O)N(CC(=O)Nc3ccccc3Cl)C2=O)c(OC)c1. The molecule has 1 heterocycles. The average molecular weight is 433 g/mol. The third-order valence-electron chi connectivity index (χ3n) is 4.05. The summed E-state index contributed by atoms with van der Waals surface area (Å²) in [7, 11) is 3.03. The minimum atomic E-state index is -0.549. The van der Waals surface area contributed by atoms with E-state index >= 15 is 0 Å². The minimum absolute atomic E-state index is 0.198. The van der Waals surface area contributed by atoms with Gasteiger partial charge in [-0.05, 0) is 42.1 Å². The smallest absolute Gasteiger partial charge is 0.294 e. The van der Waals surface area contributed by atoms with Crippen molar-refractivity contribution >= 4 is 52.2 Å². The Hall–Kier alpha value is -2.97. The summed E-state index contributed by atoms with van der Waals surface area (Å²) in [5.41, 5.74) is 1.02. The molecule has 2 aromatic carbocycles. The number of para-hydroxylation sites is 1. The van der Waals surface area contributed by atoms with Crippen molar-refractivity contribution in [3.05, 3.63) is 58.0 Å². The zero-order valence-corrected chi connectivity index (χ0v) is 17.2. The van der Waals surface area contributed by atoms with Gasteiger partial charge in [0.2, 0.25) is 5.91 Å². The number of benzene rings is 2. The third-order valence-corrected chi connectivity index (χ3v) is 5.29. The molecule has 0 spiro atoms. The standard InChI is InChI=1S/C20H17ClN2O5S/c1-27-13-8-7-12(16(10-13)28-2)9-17-19(25)23(20(26)29-17)11-18(24)22-15-6-4-3-5-14(15)21/h3-10H,11H2,1-2H3,(H,22,24)/b17-9+. The van der Waals surface area contributed by atoms with Crippen molar-refractivity contribution in [3.63, 3.8) is 0 Å². The predicted octanol–water partition coefficient (Wildman–Crippen LogP) is 4.03. The van der Waals surface area contributed by atoms with Crippen molar-refractivity contribution in [2.75, 3.05) is 26.1 Å². The Morgan fingerprint density at radius 2 is 1.93 bits per heavy atom. The fraction of sp³-hybridized carbons (Fsp3) is 0.150. The van der Waals surface area contributed by atoms with Crippen molar-refractivity contribution in [1.82, 2.24) is 4.90 Å². The van der Waals surface area contributed by atoms with Gasteiger partial charge < -0.3 is 14.8 Å². The minimum Gasteiger partial charge on any atom is -0.497 e. The molecular weight excluding hydrogens is 416 g/mol. The number of hydrogen-bond donors (Lipinski definition) is 1. The number of imide groups is 1. The van der Waals surface area contributed by atoms with Gasteiger partial charge in [0, 0.05) is 11.6 Å². The van der Waals surface area contributed by atoms with E-state index in [4.69, 9.17) is 21.1 Å². The Morgan fingerprint density at radius 1 is 1.17 bits per heavy atom. The lowest BCUT2D eigenvalue weighted by molar-refractivity contribution is -0.127. The molecule has 9 heteroatoms. The van der Waals surface area contributed by atoms with Gasteiger partial charge >= 0.3 is 0 Å². The summed E-state index contributed by atoms with van der Waals surface area (Å²) in [5, 5.41) is 2.43.